The highest BCUT2D eigenvalue weighted by Crippen LogP contribution is 2.49. The molecule has 0 aromatic carbocycles. The number of hydrogen-bond donors (Lipinski definition) is 1. The molecule has 0 radical (unpaired) electrons. The molecule has 0 bridgehead atoms. The summed E-state index contributed by atoms with van der Waals surface area (Å²) in [6.07, 6.45) is 4.86. The van der Waals surface area contributed by atoms with Crippen LogP contribution < -0.4 is 10.1 Å². The number of ether oxygens (including phenoxy) is 1. The Labute approximate surface area is 126 Å². The molecule has 4 heteroatoms. The molecule has 1 aromatic heterocycles. The van der Waals surface area contributed by atoms with Crippen molar-refractivity contribution in [3.05, 3.63) is 23.0 Å². The summed E-state index contributed by atoms with van der Waals surface area (Å²) < 4.78 is 5.43. The van der Waals surface area contributed by atoms with E-state index in [1.807, 2.05) is 20.8 Å². The number of rotatable bonds is 4. The summed E-state index contributed by atoms with van der Waals surface area (Å²) in [6.45, 7) is 5.91. The van der Waals surface area contributed by atoms with E-state index in [2.05, 4.69) is 11.4 Å². The maximum absolute atomic E-state index is 12.5. The molecule has 0 spiro atoms. The molecule has 2 saturated carbocycles. The highest BCUT2D eigenvalue weighted by atomic mass is 16.5. The monoisotopic (exact) mass is 288 g/mol. The predicted octanol–water partition coefficient (Wildman–Crippen LogP) is 3.37. The van der Waals surface area contributed by atoms with Gasteiger partial charge in [-0.3, -0.25) is 4.79 Å². The van der Waals surface area contributed by atoms with E-state index in [0.717, 1.165) is 5.69 Å². The predicted molar refractivity (Wildman–Crippen MR) is 82.0 cm³/mol. The summed E-state index contributed by atoms with van der Waals surface area (Å²) in [5.74, 6) is 1.63. The molecule has 1 heterocycles. The average Bonchev–Trinajstić information content (AvgIpc) is 3.27. The molecular formula is C17H24N2O2. The molecule has 4 nitrogen and oxygen atoms in total. The molecule has 0 unspecified atom stereocenters. The van der Waals surface area contributed by atoms with Gasteiger partial charge in [0.05, 0.1) is 7.11 Å². The number of hydrogen-bond acceptors (Lipinski definition) is 3. The Balaban J connectivity index is 1.98. The van der Waals surface area contributed by atoms with E-state index >= 15 is 0 Å². The quantitative estimate of drug-likeness (QED) is 0.924. The Morgan fingerprint density at radius 3 is 2.33 bits per heavy atom. The van der Waals surface area contributed by atoms with Crippen LogP contribution in [-0.2, 0) is 0 Å². The van der Waals surface area contributed by atoms with Crippen LogP contribution in [0.3, 0.4) is 0 Å². The van der Waals surface area contributed by atoms with Gasteiger partial charge in [0.25, 0.3) is 5.91 Å². The highest BCUT2D eigenvalue weighted by molar-refractivity contribution is 5.95. The van der Waals surface area contributed by atoms with E-state index < -0.39 is 0 Å². The van der Waals surface area contributed by atoms with Gasteiger partial charge in [-0.05, 0) is 64.0 Å². The fourth-order valence-electron chi connectivity index (χ4n) is 2.65. The minimum atomic E-state index is -0.279. The molecule has 0 saturated heterocycles. The van der Waals surface area contributed by atoms with Crippen LogP contribution >= 0.6 is 0 Å². The summed E-state index contributed by atoms with van der Waals surface area (Å²) >= 11 is 0. The summed E-state index contributed by atoms with van der Waals surface area (Å²) in [4.78, 5) is 17.2. The summed E-state index contributed by atoms with van der Waals surface area (Å²) in [7, 11) is 1.61. The molecule has 2 aliphatic carbocycles. The maximum Gasteiger partial charge on any atom is 0.274 e. The third-order valence-electron chi connectivity index (χ3n) is 3.95. The number of nitrogens with one attached hydrogen (secondary N) is 1. The second-order valence-corrected chi connectivity index (χ2v) is 7.27. The first kappa shape index (κ1) is 14.4. The number of amides is 1. The Morgan fingerprint density at radius 1 is 1.24 bits per heavy atom. The molecule has 114 valence electrons. The van der Waals surface area contributed by atoms with Crippen molar-refractivity contribution in [2.75, 3.05) is 7.11 Å². The number of carbonyl (C=O) groups is 1. The largest absolute Gasteiger partial charge is 0.494 e. The number of methoxy groups -OCH3 is 1. The zero-order valence-corrected chi connectivity index (χ0v) is 13.3. The Kier molecular flexibility index (Phi) is 3.42. The molecule has 0 atom stereocenters. The standard InChI is InChI=1S/C17H24N2O2/c1-17(2,3)19-16(20)15-13(21-4)9-12(10-5-6-10)14(18-15)11-7-8-11/h9-11H,5-8H2,1-4H3,(H,19,20). The van der Waals surface area contributed by atoms with Crippen molar-refractivity contribution < 1.29 is 9.53 Å². The number of carbonyl (C=O) groups excluding carboxylic acids is 1. The smallest absolute Gasteiger partial charge is 0.274 e. The second-order valence-electron chi connectivity index (χ2n) is 7.27. The van der Waals surface area contributed by atoms with Crippen LogP contribution in [0, 0.1) is 0 Å². The van der Waals surface area contributed by atoms with Crippen LogP contribution in [0.25, 0.3) is 0 Å². The van der Waals surface area contributed by atoms with Crippen LogP contribution in [0.5, 0.6) is 5.75 Å². The van der Waals surface area contributed by atoms with Gasteiger partial charge in [-0.2, -0.15) is 0 Å². The van der Waals surface area contributed by atoms with Crippen molar-refractivity contribution >= 4 is 5.91 Å². The third-order valence-corrected chi connectivity index (χ3v) is 3.95. The molecule has 3 rings (SSSR count). The lowest BCUT2D eigenvalue weighted by Gasteiger charge is -2.21. The zero-order valence-electron chi connectivity index (χ0n) is 13.3. The van der Waals surface area contributed by atoms with Crippen molar-refractivity contribution in [1.29, 1.82) is 0 Å². The summed E-state index contributed by atoms with van der Waals surface area (Å²) in [6, 6.07) is 2.05. The Morgan fingerprint density at radius 2 is 1.86 bits per heavy atom. The van der Waals surface area contributed by atoms with Gasteiger partial charge in [-0.25, -0.2) is 4.98 Å². The fraction of sp³-hybridized carbons (Fsp3) is 0.647. The van der Waals surface area contributed by atoms with E-state index in [1.165, 1.54) is 31.2 Å². The number of aromatic nitrogens is 1. The van der Waals surface area contributed by atoms with Gasteiger partial charge in [0.1, 0.15) is 0 Å². The first-order valence-electron chi connectivity index (χ1n) is 7.80. The van der Waals surface area contributed by atoms with Crippen LogP contribution in [0.1, 0.15) is 80.0 Å². The zero-order chi connectivity index (χ0) is 15.2. The SMILES string of the molecule is COc1cc(C2CC2)c(C2CC2)nc1C(=O)NC(C)(C)C. The Hall–Kier alpha value is -1.58. The third kappa shape index (κ3) is 3.20. The first-order valence-corrected chi connectivity index (χ1v) is 7.80. The van der Waals surface area contributed by atoms with Crippen molar-refractivity contribution in [3.8, 4) is 5.75 Å². The van der Waals surface area contributed by atoms with E-state index in [4.69, 9.17) is 9.72 Å². The molecule has 1 N–H and O–H groups in total. The van der Waals surface area contributed by atoms with Gasteiger partial charge < -0.3 is 10.1 Å². The lowest BCUT2D eigenvalue weighted by Crippen LogP contribution is -2.41. The van der Waals surface area contributed by atoms with Gasteiger partial charge in [0.15, 0.2) is 11.4 Å². The summed E-state index contributed by atoms with van der Waals surface area (Å²) in [5.41, 5.74) is 2.59. The van der Waals surface area contributed by atoms with Crippen molar-refractivity contribution in [1.82, 2.24) is 10.3 Å². The van der Waals surface area contributed by atoms with Crippen molar-refractivity contribution in [3.63, 3.8) is 0 Å². The second kappa shape index (κ2) is 5.00. The highest BCUT2D eigenvalue weighted by Gasteiger charge is 2.36. The van der Waals surface area contributed by atoms with E-state index in [0.29, 0.717) is 23.3 Å². The molecule has 2 fully saturated rings. The van der Waals surface area contributed by atoms with Gasteiger partial charge in [-0.1, -0.05) is 0 Å². The minimum Gasteiger partial charge on any atom is -0.494 e. The molecule has 2 aliphatic rings. The van der Waals surface area contributed by atoms with Gasteiger partial charge >= 0.3 is 0 Å². The Bertz CT molecular complexity index is 567. The van der Waals surface area contributed by atoms with E-state index in [9.17, 15) is 4.79 Å². The van der Waals surface area contributed by atoms with Crippen LogP contribution in [-0.4, -0.2) is 23.5 Å². The molecule has 1 aromatic rings. The van der Waals surface area contributed by atoms with Crippen molar-refractivity contribution in [2.45, 2.75) is 63.8 Å². The van der Waals surface area contributed by atoms with Gasteiger partial charge in [0, 0.05) is 17.2 Å². The average molecular weight is 288 g/mol. The minimum absolute atomic E-state index is 0.149. The van der Waals surface area contributed by atoms with Crippen molar-refractivity contribution in [2.24, 2.45) is 0 Å². The maximum atomic E-state index is 12.5. The lowest BCUT2D eigenvalue weighted by atomic mass is 10.0. The topological polar surface area (TPSA) is 51.2 Å². The molecular weight excluding hydrogens is 264 g/mol. The number of pyridine rings is 1. The fourth-order valence-corrected chi connectivity index (χ4v) is 2.65. The van der Waals surface area contributed by atoms with E-state index in [1.54, 1.807) is 7.11 Å². The van der Waals surface area contributed by atoms with Gasteiger partial charge in [0.2, 0.25) is 0 Å². The van der Waals surface area contributed by atoms with E-state index in [-0.39, 0.29) is 11.4 Å². The van der Waals surface area contributed by atoms with Crippen LogP contribution in [0.2, 0.25) is 0 Å². The van der Waals surface area contributed by atoms with Crippen LogP contribution in [0.4, 0.5) is 0 Å². The normalized spacial score (nSPS) is 18.5. The van der Waals surface area contributed by atoms with Gasteiger partial charge in [-0.15, -0.1) is 0 Å². The van der Waals surface area contributed by atoms with Crippen LogP contribution in [0.15, 0.2) is 6.07 Å². The lowest BCUT2D eigenvalue weighted by molar-refractivity contribution is 0.0910. The molecule has 0 aliphatic heterocycles. The first-order chi connectivity index (χ1) is 9.89. The summed E-state index contributed by atoms with van der Waals surface area (Å²) in [5, 5.41) is 2.98. The molecule has 1 amide bonds. The molecule has 21 heavy (non-hydrogen) atoms. The number of nitrogens with zero attached hydrogens (tertiary/aromatic N) is 1.